The molecule has 0 bridgehead atoms. The van der Waals surface area contributed by atoms with Gasteiger partial charge >= 0.3 is 41.7 Å². The van der Waals surface area contributed by atoms with Crippen molar-refractivity contribution in [1.82, 2.24) is 4.98 Å². The number of nitrogens with zero attached hydrogens (tertiary/aromatic N) is 2. The monoisotopic (exact) mass is 360 g/mol. The summed E-state index contributed by atoms with van der Waals surface area (Å²) in [6, 6.07) is 2.36. The van der Waals surface area contributed by atoms with Gasteiger partial charge in [0.05, 0.1) is 23.5 Å². The number of hydrogen-bond acceptors (Lipinski definition) is 7. The third-order valence-corrected chi connectivity index (χ3v) is 2.37. The van der Waals surface area contributed by atoms with Crippen molar-refractivity contribution in [3.63, 3.8) is 0 Å². The predicted octanol–water partition coefficient (Wildman–Crippen LogP) is -0.874. The number of aromatic carboxylic acids is 1. The molecule has 132 valence electrons. The van der Waals surface area contributed by atoms with Gasteiger partial charge in [-0.15, -0.1) is 0 Å². The number of anilines is 1. The second kappa shape index (κ2) is 8.64. The maximum Gasteiger partial charge on any atom is 1.00 e. The third-order valence-electron chi connectivity index (χ3n) is 2.37. The molecule has 1 aromatic rings. The number of aromatic nitrogens is 1. The minimum absolute atomic E-state index is 0. The van der Waals surface area contributed by atoms with Crippen LogP contribution < -0.4 is 39.6 Å². The van der Waals surface area contributed by atoms with Crippen molar-refractivity contribution in [2.75, 3.05) is 4.90 Å². The zero-order valence-electron chi connectivity index (χ0n) is 15.6. The van der Waals surface area contributed by atoms with Crippen LogP contribution in [0.25, 0.3) is 0 Å². The first-order valence-electron chi connectivity index (χ1n) is 7.23. The van der Waals surface area contributed by atoms with Gasteiger partial charge in [0, 0.05) is 0 Å². The molecule has 9 heteroatoms. The summed E-state index contributed by atoms with van der Waals surface area (Å²) in [6.07, 6.45) is -0.863. The van der Waals surface area contributed by atoms with Crippen molar-refractivity contribution < 1.29 is 58.5 Å². The number of amides is 2. The van der Waals surface area contributed by atoms with Crippen LogP contribution in [0.15, 0.2) is 18.3 Å². The summed E-state index contributed by atoms with van der Waals surface area (Å²) in [5.74, 6) is -1.47. The molecule has 0 N–H and O–H groups in total. The van der Waals surface area contributed by atoms with Gasteiger partial charge in [-0.2, -0.15) is 4.90 Å². The van der Waals surface area contributed by atoms with Crippen molar-refractivity contribution in [3.8, 4) is 0 Å². The third kappa shape index (κ3) is 7.85. The van der Waals surface area contributed by atoms with Gasteiger partial charge in [-0.3, -0.25) is 4.98 Å². The number of carbonyl (C=O) groups excluding carboxylic acids is 3. The predicted molar refractivity (Wildman–Crippen MR) is 83.5 cm³/mol. The molecule has 0 saturated carbocycles. The fraction of sp³-hybridized carbons (Fsp3) is 0.500. The van der Waals surface area contributed by atoms with E-state index in [-0.39, 0.29) is 40.9 Å². The molecule has 8 nitrogen and oxygen atoms in total. The molecule has 2 amide bonds. The maximum atomic E-state index is 12.4. The van der Waals surface area contributed by atoms with Gasteiger partial charge in [-0.25, -0.2) is 9.59 Å². The normalized spacial score (nSPS) is 11.1. The SMILES string of the molecule is CC(C)(C)OC(=O)N(C(=O)OC(C)(C)C)c1ccc(C(=O)[O-])nc1.[Na+]. The van der Waals surface area contributed by atoms with E-state index in [9.17, 15) is 19.5 Å². The van der Waals surface area contributed by atoms with Crippen LogP contribution >= 0.6 is 0 Å². The van der Waals surface area contributed by atoms with Crippen molar-refractivity contribution in [3.05, 3.63) is 24.0 Å². The molecule has 0 unspecified atom stereocenters. The number of hydrogen-bond donors (Lipinski definition) is 0. The number of pyridine rings is 1. The molecule has 1 aromatic heterocycles. The zero-order chi connectivity index (χ0) is 18.7. The molecule has 1 heterocycles. The minimum Gasteiger partial charge on any atom is -0.543 e. The summed E-state index contributed by atoms with van der Waals surface area (Å²) in [5, 5.41) is 10.8. The Hall–Kier alpha value is -1.64. The Morgan fingerprint density at radius 2 is 1.40 bits per heavy atom. The number of imide groups is 1. The van der Waals surface area contributed by atoms with Crippen molar-refractivity contribution in [2.24, 2.45) is 0 Å². The van der Waals surface area contributed by atoms with Gasteiger partial charge in [-0.05, 0) is 53.7 Å². The van der Waals surface area contributed by atoms with E-state index in [4.69, 9.17) is 9.47 Å². The van der Waals surface area contributed by atoms with Crippen LogP contribution in [-0.2, 0) is 9.47 Å². The topological polar surface area (TPSA) is 109 Å². The van der Waals surface area contributed by atoms with Crippen molar-refractivity contribution in [2.45, 2.75) is 52.7 Å². The largest absolute Gasteiger partial charge is 1.00 e. The fourth-order valence-electron chi connectivity index (χ4n) is 1.54. The summed E-state index contributed by atoms with van der Waals surface area (Å²) >= 11 is 0. The fourth-order valence-corrected chi connectivity index (χ4v) is 1.54. The van der Waals surface area contributed by atoms with Gasteiger partial charge in [0.15, 0.2) is 0 Å². The molecule has 25 heavy (non-hydrogen) atoms. The molecule has 0 saturated heterocycles. The Balaban J connectivity index is 0.00000576. The van der Waals surface area contributed by atoms with Gasteiger partial charge in [0.1, 0.15) is 11.2 Å². The number of carbonyl (C=O) groups is 3. The van der Waals surface area contributed by atoms with Crippen molar-refractivity contribution >= 4 is 23.8 Å². The Labute approximate surface area is 168 Å². The maximum absolute atomic E-state index is 12.4. The van der Waals surface area contributed by atoms with Gasteiger partial charge in [-0.1, -0.05) is 0 Å². The molecular formula is C16H21N2NaO6. The molecule has 0 atom stereocenters. The van der Waals surface area contributed by atoms with Gasteiger partial charge in [0.25, 0.3) is 0 Å². The first-order valence-corrected chi connectivity index (χ1v) is 7.23. The average molecular weight is 360 g/mol. The number of carboxylic acids is 1. The van der Waals surface area contributed by atoms with Crippen LogP contribution in [-0.4, -0.2) is 34.3 Å². The Morgan fingerprint density at radius 1 is 0.960 bits per heavy atom. The molecule has 0 aliphatic heterocycles. The molecule has 0 aliphatic rings. The quantitative estimate of drug-likeness (QED) is 0.631. The van der Waals surface area contributed by atoms with Crippen LogP contribution in [0.2, 0.25) is 0 Å². The van der Waals surface area contributed by atoms with Gasteiger partial charge in [0.2, 0.25) is 0 Å². The Bertz CT molecular complexity index is 604. The summed E-state index contributed by atoms with van der Waals surface area (Å²) in [5.41, 5.74) is -1.98. The molecule has 1 rings (SSSR count). The standard InChI is InChI=1S/C16H22N2O6.Na/c1-15(2,3)23-13(21)18(14(22)24-16(4,5)6)10-7-8-11(12(19)20)17-9-10;/h7-9H,1-6H3,(H,19,20);/q;+1/p-1. The van der Waals surface area contributed by atoms with E-state index in [1.54, 1.807) is 41.5 Å². The molecule has 0 fully saturated rings. The van der Waals surface area contributed by atoms with E-state index in [1.807, 2.05) is 0 Å². The van der Waals surface area contributed by atoms with Crippen LogP contribution in [0.1, 0.15) is 52.0 Å². The van der Waals surface area contributed by atoms with Crippen molar-refractivity contribution in [1.29, 1.82) is 0 Å². The first-order chi connectivity index (χ1) is 10.8. The van der Waals surface area contributed by atoms with E-state index in [0.29, 0.717) is 4.90 Å². The van der Waals surface area contributed by atoms with E-state index in [1.165, 1.54) is 6.07 Å². The second-order valence-corrected chi connectivity index (χ2v) is 6.99. The molecule has 0 aromatic carbocycles. The number of rotatable bonds is 2. The molecule has 0 radical (unpaired) electrons. The summed E-state index contributed by atoms with van der Waals surface area (Å²) in [6.45, 7) is 9.89. The van der Waals surface area contributed by atoms with E-state index < -0.39 is 29.4 Å². The minimum atomic E-state index is -1.47. The van der Waals surface area contributed by atoms with Crippen LogP contribution in [0, 0.1) is 0 Å². The molecule has 0 spiro atoms. The second-order valence-electron chi connectivity index (χ2n) is 6.99. The Morgan fingerprint density at radius 3 is 1.68 bits per heavy atom. The smallest absolute Gasteiger partial charge is 0.543 e. The van der Waals surface area contributed by atoms with Gasteiger partial charge < -0.3 is 19.4 Å². The molecule has 0 aliphatic carbocycles. The van der Waals surface area contributed by atoms with E-state index >= 15 is 0 Å². The summed E-state index contributed by atoms with van der Waals surface area (Å²) in [4.78, 5) is 39.8. The first kappa shape index (κ1) is 23.4. The average Bonchev–Trinajstić information content (AvgIpc) is 2.34. The molecular weight excluding hydrogens is 339 g/mol. The summed E-state index contributed by atoms with van der Waals surface area (Å²) < 4.78 is 10.4. The van der Waals surface area contributed by atoms with Crippen LogP contribution in [0.4, 0.5) is 15.3 Å². The van der Waals surface area contributed by atoms with E-state index in [2.05, 4.69) is 4.98 Å². The van der Waals surface area contributed by atoms with Crippen LogP contribution in [0.3, 0.4) is 0 Å². The number of ether oxygens (including phenoxy) is 2. The zero-order valence-corrected chi connectivity index (χ0v) is 17.6. The summed E-state index contributed by atoms with van der Waals surface area (Å²) in [7, 11) is 0. The van der Waals surface area contributed by atoms with Crippen LogP contribution in [0.5, 0.6) is 0 Å². The Kier molecular flexibility index (Phi) is 8.07. The number of carboxylic acid groups (broad SMARTS) is 1. The van der Waals surface area contributed by atoms with E-state index in [0.717, 1.165) is 12.3 Å².